The molecule has 1 saturated heterocycles. The van der Waals surface area contributed by atoms with E-state index in [-0.39, 0.29) is 5.91 Å². The van der Waals surface area contributed by atoms with Gasteiger partial charge in [0.1, 0.15) is 0 Å². The average Bonchev–Trinajstić information content (AvgIpc) is 3.11. The van der Waals surface area contributed by atoms with Crippen molar-refractivity contribution in [3.05, 3.63) is 28.7 Å². The molecule has 1 amide bonds. The molecule has 1 aliphatic heterocycles. The first-order valence-corrected chi connectivity index (χ1v) is 9.84. The number of hydrogen-bond acceptors (Lipinski definition) is 3. The lowest BCUT2D eigenvalue weighted by Gasteiger charge is -2.23. The van der Waals surface area contributed by atoms with Crippen LogP contribution in [0.4, 0.5) is 5.69 Å². The Morgan fingerprint density at radius 2 is 2.12 bits per heavy atom. The molecule has 1 N–H and O–H groups in total. The molecule has 0 aromatic heterocycles. The van der Waals surface area contributed by atoms with Gasteiger partial charge in [-0.05, 0) is 62.5 Å². The van der Waals surface area contributed by atoms with E-state index in [1.165, 1.54) is 6.42 Å². The van der Waals surface area contributed by atoms with Crippen LogP contribution in [0.2, 0.25) is 0 Å². The molecule has 0 radical (unpaired) electrons. The second-order valence-electron chi connectivity index (χ2n) is 6.39. The van der Waals surface area contributed by atoms with Gasteiger partial charge in [0, 0.05) is 29.7 Å². The molecule has 1 fully saturated rings. The normalized spacial score (nSPS) is 17.2. The molecule has 2 rings (SSSR count). The van der Waals surface area contributed by atoms with Crippen LogP contribution < -0.4 is 10.2 Å². The van der Waals surface area contributed by atoms with Crippen LogP contribution in [-0.2, 0) is 9.53 Å². The number of ether oxygens (including phenoxy) is 1. The van der Waals surface area contributed by atoms with Crippen molar-refractivity contribution in [2.24, 2.45) is 5.92 Å². The molecule has 0 bridgehead atoms. The summed E-state index contributed by atoms with van der Waals surface area (Å²) >= 11 is 3.45. The Hall–Kier alpha value is -0.910. The number of carbonyl (C=O) groups excluding carboxylic acids is 1. The lowest BCUT2D eigenvalue weighted by molar-refractivity contribution is -0.119. The van der Waals surface area contributed by atoms with Gasteiger partial charge in [-0.15, -0.1) is 0 Å². The standard InChI is InChI=1S/C19H29BrN2O2/c1-2-3-13-24-14-12-22(18-7-5-17(20)6-8-18)19(23)9-4-16-10-11-21-15-16/h5-8,16,21H,2-4,9-15H2,1H3. The number of hydrogen-bond donors (Lipinski definition) is 1. The highest BCUT2D eigenvalue weighted by molar-refractivity contribution is 9.10. The third-order valence-corrected chi connectivity index (χ3v) is 5.00. The molecule has 1 aromatic carbocycles. The fourth-order valence-corrected chi connectivity index (χ4v) is 3.21. The van der Waals surface area contributed by atoms with Crippen molar-refractivity contribution in [1.82, 2.24) is 5.32 Å². The lowest BCUT2D eigenvalue weighted by Crippen LogP contribution is -2.34. The van der Waals surface area contributed by atoms with Crippen LogP contribution in [0.15, 0.2) is 28.7 Å². The Balaban J connectivity index is 1.90. The molecule has 24 heavy (non-hydrogen) atoms. The number of benzene rings is 1. The maximum absolute atomic E-state index is 12.7. The summed E-state index contributed by atoms with van der Waals surface area (Å²) in [6, 6.07) is 7.94. The minimum absolute atomic E-state index is 0.198. The van der Waals surface area contributed by atoms with E-state index in [0.29, 0.717) is 25.5 Å². The summed E-state index contributed by atoms with van der Waals surface area (Å²) in [5, 5.41) is 3.37. The second-order valence-corrected chi connectivity index (χ2v) is 7.30. The van der Waals surface area contributed by atoms with Gasteiger partial charge in [0.15, 0.2) is 0 Å². The summed E-state index contributed by atoms with van der Waals surface area (Å²) < 4.78 is 6.69. The SMILES string of the molecule is CCCCOCCN(C(=O)CCC1CCNC1)c1ccc(Br)cc1. The number of nitrogens with zero attached hydrogens (tertiary/aromatic N) is 1. The molecule has 1 aliphatic rings. The minimum atomic E-state index is 0.198. The number of anilines is 1. The van der Waals surface area contributed by atoms with Crippen molar-refractivity contribution >= 4 is 27.5 Å². The highest BCUT2D eigenvalue weighted by atomic mass is 79.9. The zero-order valence-corrected chi connectivity index (χ0v) is 16.2. The van der Waals surface area contributed by atoms with Gasteiger partial charge in [-0.25, -0.2) is 0 Å². The summed E-state index contributed by atoms with van der Waals surface area (Å²) in [6.07, 6.45) is 4.96. The van der Waals surface area contributed by atoms with E-state index >= 15 is 0 Å². The predicted molar refractivity (Wildman–Crippen MR) is 102 cm³/mol. The summed E-state index contributed by atoms with van der Waals surface area (Å²) in [4.78, 5) is 14.6. The fourth-order valence-electron chi connectivity index (χ4n) is 2.95. The molecule has 134 valence electrons. The molecular weight excluding hydrogens is 368 g/mol. The molecule has 1 heterocycles. The lowest BCUT2D eigenvalue weighted by atomic mass is 10.0. The van der Waals surface area contributed by atoms with Crippen molar-refractivity contribution in [2.45, 2.75) is 39.0 Å². The molecule has 0 saturated carbocycles. The molecule has 5 heteroatoms. The van der Waals surface area contributed by atoms with Crippen molar-refractivity contribution in [3.63, 3.8) is 0 Å². The zero-order valence-electron chi connectivity index (χ0n) is 14.6. The van der Waals surface area contributed by atoms with Crippen LogP contribution >= 0.6 is 15.9 Å². The Bertz CT molecular complexity index is 487. The van der Waals surface area contributed by atoms with Gasteiger partial charge in [0.2, 0.25) is 5.91 Å². The van der Waals surface area contributed by atoms with Gasteiger partial charge in [0.05, 0.1) is 6.61 Å². The quantitative estimate of drug-likeness (QED) is 0.607. The van der Waals surface area contributed by atoms with Gasteiger partial charge in [0.25, 0.3) is 0 Å². The van der Waals surface area contributed by atoms with Crippen LogP contribution in [0.1, 0.15) is 39.0 Å². The first kappa shape index (κ1) is 19.4. The van der Waals surface area contributed by atoms with Crippen molar-refractivity contribution in [1.29, 1.82) is 0 Å². The molecule has 1 aromatic rings. The Morgan fingerprint density at radius 1 is 1.33 bits per heavy atom. The molecule has 1 unspecified atom stereocenters. The van der Waals surface area contributed by atoms with Gasteiger partial charge >= 0.3 is 0 Å². The Labute approximate surface area is 154 Å². The number of amides is 1. The number of nitrogens with one attached hydrogen (secondary N) is 1. The maximum Gasteiger partial charge on any atom is 0.227 e. The molecule has 0 aliphatic carbocycles. The number of carbonyl (C=O) groups is 1. The average molecular weight is 397 g/mol. The molecule has 1 atom stereocenters. The highest BCUT2D eigenvalue weighted by Gasteiger charge is 2.20. The van der Waals surface area contributed by atoms with Gasteiger partial charge in [-0.1, -0.05) is 29.3 Å². The summed E-state index contributed by atoms with van der Waals surface area (Å²) in [6.45, 7) is 6.26. The van der Waals surface area contributed by atoms with Crippen LogP contribution in [0.3, 0.4) is 0 Å². The number of rotatable bonds is 10. The first-order valence-electron chi connectivity index (χ1n) is 9.05. The Kier molecular flexibility index (Phi) is 8.78. The number of unbranched alkanes of at least 4 members (excludes halogenated alkanes) is 1. The zero-order chi connectivity index (χ0) is 17.2. The predicted octanol–water partition coefficient (Wildman–Crippen LogP) is 3.99. The van der Waals surface area contributed by atoms with E-state index in [1.54, 1.807) is 0 Å². The van der Waals surface area contributed by atoms with Crippen LogP contribution in [0, 0.1) is 5.92 Å². The summed E-state index contributed by atoms with van der Waals surface area (Å²) in [7, 11) is 0. The summed E-state index contributed by atoms with van der Waals surface area (Å²) in [5.41, 5.74) is 0.951. The van der Waals surface area contributed by atoms with Gasteiger partial charge < -0.3 is 15.0 Å². The molecular formula is C19H29BrN2O2. The second kappa shape index (κ2) is 10.9. The number of halogens is 1. The highest BCUT2D eigenvalue weighted by Crippen LogP contribution is 2.21. The van der Waals surface area contributed by atoms with E-state index in [1.807, 2.05) is 29.2 Å². The smallest absolute Gasteiger partial charge is 0.227 e. The van der Waals surface area contributed by atoms with E-state index in [2.05, 4.69) is 28.2 Å². The topological polar surface area (TPSA) is 41.6 Å². The minimum Gasteiger partial charge on any atom is -0.380 e. The van der Waals surface area contributed by atoms with Gasteiger partial charge in [-0.3, -0.25) is 4.79 Å². The van der Waals surface area contributed by atoms with Gasteiger partial charge in [-0.2, -0.15) is 0 Å². The Morgan fingerprint density at radius 3 is 2.79 bits per heavy atom. The third kappa shape index (κ3) is 6.54. The van der Waals surface area contributed by atoms with Crippen molar-refractivity contribution in [3.8, 4) is 0 Å². The van der Waals surface area contributed by atoms with E-state index in [4.69, 9.17) is 4.74 Å². The largest absolute Gasteiger partial charge is 0.380 e. The monoisotopic (exact) mass is 396 g/mol. The fraction of sp³-hybridized carbons (Fsp3) is 0.632. The van der Waals surface area contributed by atoms with Crippen LogP contribution in [0.5, 0.6) is 0 Å². The van der Waals surface area contributed by atoms with Crippen LogP contribution in [0.25, 0.3) is 0 Å². The van der Waals surface area contributed by atoms with Crippen molar-refractivity contribution < 1.29 is 9.53 Å². The molecule has 4 nitrogen and oxygen atoms in total. The van der Waals surface area contributed by atoms with E-state index < -0.39 is 0 Å². The summed E-state index contributed by atoms with van der Waals surface area (Å²) in [5.74, 6) is 0.838. The van der Waals surface area contributed by atoms with E-state index in [0.717, 1.165) is 49.1 Å². The first-order chi connectivity index (χ1) is 11.7. The van der Waals surface area contributed by atoms with Crippen molar-refractivity contribution in [2.75, 3.05) is 37.7 Å². The third-order valence-electron chi connectivity index (χ3n) is 4.47. The molecule has 0 spiro atoms. The maximum atomic E-state index is 12.7. The van der Waals surface area contributed by atoms with Crippen LogP contribution in [-0.4, -0.2) is 38.8 Å². The van der Waals surface area contributed by atoms with E-state index in [9.17, 15) is 4.79 Å².